The maximum Gasteiger partial charge on any atom is 0.343 e. The molecule has 0 spiro atoms. The van der Waals surface area contributed by atoms with Crippen molar-refractivity contribution in [3.8, 4) is 22.6 Å². The van der Waals surface area contributed by atoms with E-state index < -0.39 is 5.97 Å². The Bertz CT molecular complexity index is 1400. The van der Waals surface area contributed by atoms with Crippen molar-refractivity contribution in [1.29, 1.82) is 0 Å². The van der Waals surface area contributed by atoms with Crippen molar-refractivity contribution in [2.45, 2.75) is 33.6 Å². The number of ether oxygens (including phenoxy) is 2. The van der Waals surface area contributed by atoms with Crippen molar-refractivity contribution in [1.82, 2.24) is 0 Å². The van der Waals surface area contributed by atoms with Gasteiger partial charge in [-0.2, -0.15) is 0 Å². The van der Waals surface area contributed by atoms with Gasteiger partial charge in [-0.25, -0.2) is 4.79 Å². The highest BCUT2D eigenvalue weighted by Crippen LogP contribution is 2.31. The monoisotopic (exact) mass is 478 g/mol. The summed E-state index contributed by atoms with van der Waals surface area (Å²) >= 11 is 0. The first-order chi connectivity index (χ1) is 17.3. The lowest BCUT2D eigenvalue weighted by Crippen LogP contribution is -2.09. The third-order valence-corrected chi connectivity index (χ3v) is 6.57. The first-order valence-corrected chi connectivity index (χ1v) is 12.0. The van der Waals surface area contributed by atoms with Gasteiger partial charge in [0, 0.05) is 11.5 Å². The van der Waals surface area contributed by atoms with Crippen molar-refractivity contribution in [2.75, 3.05) is 7.11 Å². The van der Waals surface area contributed by atoms with Crippen LogP contribution in [0, 0.1) is 13.8 Å². The average Bonchev–Trinajstić information content (AvgIpc) is 2.89. The molecule has 0 amide bonds. The predicted molar refractivity (Wildman–Crippen MR) is 143 cm³/mol. The van der Waals surface area contributed by atoms with Crippen LogP contribution in [0.1, 0.15) is 62.7 Å². The average molecular weight is 479 g/mol. The Hall–Kier alpha value is -4.18. The Labute approximate surface area is 212 Å². The molecule has 4 nitrogen and oxygen atoms in total. The minimum absolute atomic E-state index is 0.0354. The smallest absolute Gasteiger partial charge is 0.343 e. The fourth-order valence-electron chi connectivity index (χ4n) is 4.27. The van der Waals surface area contributed by atoms with E-state index in [1.807, 2.05) is 68.4 Å². The Morgan fingerprint density at radius 1 is 0.667 bits per heavy atom. The highest BCUT2D eigenvalue weighted by molar-refractivity contribution is 5.94. The number of methoxy groups -OCH3 is 1. The highest BCUT2D eigenvalue weighted by Gasteiger charge is 2.15. The van der Waals surface area contributed by atoms with Gasteiger partial charge in [0.25, 0.3) is 0 Å². The van der Waals surface area contributed by atoms with Gasteiger partial charge in [-0.3, -0.25) is 4.79 Å². The molecule has 0 saturated heterocycles. The van der Waals surface area contributed by atoms with Crippen LogP contribution < -0.4 is 9.47 Å². The molecule has 4 heteroatoms. The van der Waals surface area contributed by atoms with Gasteiger partial charge in [-0.1, -0.05) is 67.6 Å². The number of hydrogen-bond acceptors (Lipinski definition) is 4. The number of aryl methyl sites for hydroxylation is 2. The van der Waals surface area contributed by atoms with Crippen molar-refractivity contribution < 1.29 is 19.1 Å². The second-order valence-corrected chi connectivity index (χ2v) is 9.08. The topological polar surface area (TPSA) is 52.6 Å². The molecule has 0 aromatic heterocycles. The molecule has 1 atom stereocenters. The molecule has 0 aliphatic heterocycles. The first-order valence-electron chi connectivity index (χ1n) is 12.0. The Morgan fingerprint density at radius 2 is 1.14 bits per heavy atom. The van der Waals surface area contributed by atoms with E-state index in [1.165, 1.54) is 5.56 Å². The molecule has 0 aliphatic rings. The zero-order chi connectivity index (χ0) is 25.8. The summed E-state index contributed by atoms with van der Waals surface area (Å²) in [6, 6.07) is 26.9. The molecule has 0 heterocycles. The molecule has 36 heavy (non-hydrogen) atoms. The Morgan fingerprint density at radius 3 is 1.58 bits per heavy atom. The van der Waals surface area contributed by atoms with Crippen LogP contribution in [0.25, 0.3) is 11.1 Å². The van der Waals surface area contributed by atoms with Crippen LogP contribution in [0.2, 0.25) is 0 Å². The first kappa shape index (κ1) is 24.9. The molecule has 182 valence electrons. The van der Waals surface area contributed by atoms with Crippen molar-refractivity contribution >= 4 is 11.8 Å². The van der Waals surface area contributed by atoms with E-state index in [4.69, 9.17) is 9.47 Å². The standard InChI is InChI=1S/C32H30O4/c1-20-18-28(14-16-30(20)35-5)22(3)29-15-17-31(21(2)19-29)36-32(34)27-12-10-26(11-13-27)25-8-6-24(7-9-25)23(4)33/h6-19,22H,1-5H3. The van der Waals surface area contributed by atoms with Crippen LogP contribution in [-0.4, -0.2) is 18.9 Å². The number of rotatable bonds is 7. The van der Waals surface area contributed by atoms with Gasteiger partial charge in [0.1, 0.15) is 11.5 Å². The van der Waals surface area contributed by atoms with Crippen molar-refractivity contribution in [3.63, 3.8) is 0 Å². The summed E-state index contributed by atoms with van der Waals surface area (Å²) in [5.41, 5.74) is 7.45. The molecular formula is C32H30O4. The van der Waals surface area contributed by atoms with Crippen molar-refractivity contribution in [3.05, 3.63) is 118 Å². The summed E-state index contributed by atoms with van der Waals surface area (Å²) in [6.07, 6.45) is 0. The summed E-state index contributed by atoms with van der Waals surface area (Å²) in [4.78, 5) is 24.3. The minimum Gasteiger partial charge on any atom is -0.496 e. The van der Waals surface area contributed by atoms with E-state index in [9.17, 15) is 9.59 Å². The second kappa shape index (κ2) is 10.6. The Kier molecular flexibility index (Phi) is 7.35. The SMILES string of the molecule is COc1ccc(C(C)c2ccc(OC(=O)c3ccc(-c4ccc(C(C)=O)cc4)cc3)c(C)c2)cc1C. The quantitative estimate of drug-likeness (QED) is 0.156. The van der Waals surface area contributed by atoms with E-state index in [2.05, 4.69) is 25.1 Å². The fraction of sp³-hybridized carbons (Fsp3) is 0.188. The number of hydrogen-bond donors (Lipinski definition) is 0. The number of carbonyl (C=O) groups excluding carboxylic acids is 2. The maximum absolute atomic E-state index is 12.8. The lowest BCUT2D eigenvalue weighted by molar-refractivity contribution is 0.0733. The van der Waals surface area contributed by atoms with Crippen LogP contribution in [0.3, 0.4) is 0 Å². The Balaban J connectivity index is 1.46. The largest absolute Gasteiger partial charge is 0.496 e. The lowest BCUT2D eigenvalue weighted by atomic mass is 9.91. The van der Waals surface area contributed by atoms with Gasteiger partial charge in [-0.05, 0) is 78.4 Å². The van der Waals surface area contributed by atoms with Crippen LogP contribution in [0.4, 0.5) is 0 Å². The molecule has 4 aromatic carbocycles. The summed E-state index contributed by atoms with van der Waals surface area (Å²) in [5.74, 6) is 1.25. The van der Waals surface area contributed by atoms with Crippen LogP contribution in [0.15, 0.2) is 84.9 Å². The molecule has 4 rings (SSSR count). The summed E-state index contributed by atoms with van der Waals surface area (Å²) in [6.45, 7) is 7.70. The summed E-state index contributed by atoms with van der Waals surface area (Å²) in [7, 11) is 1.68. The molecule has 0 saturated carbocycles. The van der Waals surface area contributed by atoms with Crippen LogP contribution in [-0.2, 0) is 0 Å². The van der Waals surface area contributed by atoms with E-state index >= 15 is 0 Å². The molecular weight excluding hydrogens is 448 g/mol. The predicted octanol–water partition coefficient (Wildman–Crippen LogP) is 7.55. The number of ketones is 1. The zero-order valence-corrected chi connectivity index (χ0v) is 21.3. The number of benzene rings is 4. The third kappa shape index (κ3) is 5.38. The zero-order valence-electron chi connectivity index (χ0n) is 21.3. The normalized spacial score (nSPS) is 11.6. The highest BCUT2D eigenvalue weighted by atomic mass is 16.5. The van der Waals surface area contributed by atoms with Gasteiger partial charge in [0.15, 0.2) is 5.78 Å². The van der Waals surface area contributed by atoms with E-state index in [1.54, 1.807) is 26.2 Å². The van der Waals surface area contributed by atoms with Gasteiger partial charge in [0.2, 0.25) is 0 Å². The molecule has 0 fully saturated rings. The third-order valence-electron chi connectivity index (χ3n) is 6.57. The van der Waals surface area contributed by atoms with Crippen LogP contribution >= 0.6 is 0 Å². The van der Waals surface area contributed by atoms with Gasteiger partial charge in [0.05, 0.1) is 12.7 Å². The molecule has 0 aliphatic carbocycles. The minimum atomic E-state index is -0.400. The van der Waals surface area contributed by atoms with Gasteiger partial charge >= 0.3 is 5.97 Å². The molecule has 0 bridgehead atoms. The number of carbonyl (C=O) groups is 2. The van der Waals surface area contributed by atoms with Gasteiger partial charge in [-0.15, -0.1) is 0 Å². The summed E-state index contributed by atoms with van der Waals surface area (Å²) < 4.78 is 11.1. The van der Waals surface area contributed by atoms with E-state index in [0.717, 1.165) is 33.6 Å². The molecule has 0 N–H and O–H groups in total. The van der Waals surface area contributed by atoms with Gasteiger partial charge < -0.3 is 9.47 Å². The number of esters is 1. The summed E-state index contributed by atoms with van der Waals surface area (Å²) in [5, 5.41) is 0. The molecule has 0 radical (unpaired) electrons. The molecule has 4 aromatic rings. The van der Waals surface area contributed by atoms with Crippen molar-refractivity contribution in [2.24, 2.45) is 0 Å². The molecule has 1 unspecified atom stereocenters. The second-order valence-electron chi connectivity index (χ2n) is 9.08. The maximum atomic E-state index is 12.8. The number of Topliss-reactive ketones (excluding diaryl/α,β-unsaturated/α-hetero) is 1. The van der Waals surface area contributed by atoms with E-state index in [0.29, 0.717) is 16.9 Å². The fourth-order valence-corrected chi connectivity index (χ4v) is 4.27. The van der Waals surface area contributed by atoms with E-state index in [-0.39, 0.29) is 11.7 Å². The lowest BCUT2D eigenvalue weighted by Gasteiger charge is -2.16. The van der Waals surface area contributed by atoms with Crippen LogP contribution in [0.5, 0.6) is 11.5 Å².